The second-order valence-electron chi connectivity index (χ2n) is 6.92. The van der Waals surface area contributed by atoms with E-state index in [2.05, 4.69) is 19.6 Å². The lowest BCUT2D eigenvalue weighted by Gasteiger charge is -2.32. The van der Waals surface area contributed by atoms with Crippen LogP contribution in [0.5, 0.6) is 0 Å². The zero-order chi connectivity index (χ0) is 16.2. The molecule has 0 spiro atoms. The van der Waals surface area contributed by atoms with E-state index >= 15 is 0 Å². The standard InChI is InChI=1S/C16H28N2O2Si/c1-12(15(19)13-9-7-6-8-10-13)18(2)16(20)14(17)11-21(3,4)5/h6-10,12,14-15,19H,11,17H2,1-5H3/t12-,14+,15+/m0/s1. The maximum atomic E-state index is 12.4. The molecule has 1 aromatic carbocycles. The predicted molar refractivity (Wildman–Crippen MR) is 89.8 cm³/mol. The summed E-state index contributed by atoms with van der Waals surface area (Å²) in [6.07, 6.45) is -0.709. The SMILES string of the molecule is C[C@@H]([C@@H](O)c1ccccc1)N(C)C(=O)[C@H](N)C[Si](C)(C)C. The van der Waals surface area contributed by atoms with E-state index in [-0.39, 0.29) is 11.9 Å². The Balaban J connectivity index is 2.73. The highest BCUT2D eigenvalue weighted by Crippen LogP contribution is 2.21. The highest BCUT2D eigenvalue weighted by molar-refractivity contribution is 6.76. The minimum absolute atomic E-state index is 0.0973. The third kappa shape index (κ3) is 5.26. The van der Waals surface area contributed by atoms with Gasteiger partial charge in [0.2, 0.25) is 5.91 Å². The van der Waals surface area contributed by atoms with E-state index in [4.69, 9.17) is 5.73 Å². The van der Waals surface area contributed by atoms with Crippen LogP contribution in [0.25, 0.3) is 0 Å². The van der Waals surface area contributed by atoms with E-state index in [0.29, 0.717) is 0 Å². The number of likely N-dealkylation sites (N-methyl/N-ethyl adjacent to an activating group) is 1. The predicted octanol–water partition coefficient (Wildman–Crippen LogP) is 2.23. The Morgan fingerprint density at radius 3 is 2.29 bits per heavy atom. The number of hydrogen-bond acceptors (Lipinski definition) is 3. The fraction of sp³-hybridized carbons (Fsp3) is 0.562. The minimum Gasteiger partial charge on any atom is -0.386 e. The second kappa shape index (κ2) is 7.20. The molecule has 0 bridgehead atoms. The summed E-state index contributed by atoms with van der Waals surface area (Å²) >= 11 is 0. The van der Waals surface area contributed by atoms with Crippen LogP contribution < -0.4 is 5.73 Å². The van der Waals surface area contributed by atoms with Crippen LogP contribution in [0, 0.1) is 0 Å². The van der Waals surface area contributed by atoms with Gasteiger partial charge in [0.1, 0.15) is 0 Å². The van der Waals surface area contributed by atoms with Gasteiger partial charge in [0.15, 0.2) is 0 Å². The number of hydrogen-bond donors (Lipinski definition) is 2. The summed E-state index contributed by atoms with van der Waals surface area (Å²) in [5.41, 5.74) is 6.85. The smallest absolute Gasteiger partial charge is 0.239 e. The molecule has 1 aromatic rings. The molecule has 0 saturated carbocycles. The highest BCUT2D eigenvalue weighted by Gasteiger charge is 2.29. The Bertz CT molecular complexity index is 459. The van der Waals surface area contributed by atoms with Crippen molar-refractivity contribution in [3.05, 3.63) is 35.9 Å². The third-order valence-electron chi connectivity index (χ3n) is 3.71. The quantitative estimate of drug-likeness (QED) is 0.792. The lowest BCUT2D eigenvalue weighted by molar-refractivity contribution is -0.134. The molecule has 0 heterocycles. The third-order valence-corrected chi connectivity index (χ3v) is 5.37. The zero-order valence-corrected chi connectivity index (χ0v) is 14.7. The van der Waals surface area contributed by atoms with Crippen LogP contribution in [0.3, 0.4) is 0 Å². The summed E-state index contributed by atoms with van der Waals surface area (Å²) in [6.45, 7) is 8.43. The summed E-state index contributed by atoms with van der Waals surface area (Å²) in [7, 11) is 0.322. The molecule has 0 saturated heterocycles. The van der Waals surface area contributed by atoms with Gasteiger partial charge < -0.3 is 15.7 Å². The van der Waals surface area contributed by atoms with Crippen LogP contribution in [-0.4, -0.2) is 43.1 Å². The molecule has 0 radical (unpaired) electrons. The molecular formula is C16H28N2O2Si. The summed E-state index contributed by atoms with van der Waals surface area (Å²) in [4.78, 5) is 14.0. The van der Waals surface area contributed by atoms with Gasteiger partial charge in [-0.3, -0.25) is 4.79 Å². The van der Waals surface area contributed by atoms with Gasteiger partial charge in [-0.05, 0) is 18.5 Å². The number of amides is 1. The monoisotopic (exact) mass is 308 g/mol. The van der Waals surface area contributed by atoms with Crippen LogP contribution in [0.15, 0.2) is 30.3 Å². The summed E-state index contributed by atoms with van der Waals surface area (Å²) in [5.74, 6) is -0.0973. The molecule has 0 aromatic heterocycles. The summed E-state index contributed by atoms with van der Waals surface area (Å²) in [5, 5.41) is 10.4. The molecule has 0 aliphatic heterocycles. The first kappa shape index (κ1) is 17.9. The van der Waals surface area contributed by atoms with Gasteiger partial charge in [-0.15, -0.1) is 0 Å². The van der Waals surface area contributed by atoms with E-state index in [1.165, 1.54) is 0 Å². The van der Waals surface area contributed by atoms with E-state index in [9.17, 15) is 9.90 Å². The largest absolute Gasteiger partial charge is 0.386 e. The Morgan fingerprint density at radius 1 is 1.29 bits per heavy atom. The van der Waals surface area contributed by atoms with Crippen molar-refractivity contribution >= 4 is 14.0 Å². The molecular weight excluding hydrogens is 280 g/mol. The van der Waals surface area contributed by atoms with E-state index in [1.807, 2.05) is 37.3 Å². The van der Waals surface area contributed by atoms with Gasteiger partial charge in [-0.2, -0.15) is 0 Å². The van der Waals surface area contributed by atoms with Crippen LogP contribution in [-0.2, 0) is 4.79 Å². The van der Waals surface area contributed by atoms with Gasteiger partial charge in [0.25, 0.3) is 0 Å². The molecule has 0 aliphatic rings. The Hall–Kier alpha value is -1.17. The number of carbonyl (C=O) groups excluding carboxylic acids is 1. The summed E-state index contributed by atoms with van der Waals surface area (Å²) < 4.78 is 0. The lowest BCUT2D eigenvalue weighted by atomic mass is 10.0. The molecule has 3 atom stereocenters. The first-order chi connectivity index (χ1) is 9.63. The molecule has 1 amide bonds. The van der Waals surface area contributed by atoms with Crippen molar-refractivity contribution in [3.8, 4) is 0 Å². The molecule has 0 fully saturated rings. The fourth-order valence-electron chi connectivity index (χ4n) is 2.35. The van der Waals surface area contributed by atoms with Crippen molar-refractivity contribution in [1.29, 1.82) is 0 Å². The van der Waals surface area contributed by atoms with Crippen LogP contribution in [0.1, 0.15) is 18.6 Å². The topological polar surface area (TPSA) is 66.6 Å². The highest BCUT2D eigenvalue weighted by atomic mass is 28.3. The van der Waals surface area contributed by atoms with Gasteiger partial charge in [-0.25, -0.2) is 0 Å². The van der Waals surface area contributed by atoms with Crippen LogP contribution in [0.2, 0.25) is 25.7 Å². The average Bonchev–Trinajstić information content (AvgIpc) is 2.43. The Kier molecular flexibility index (Phi) is 6.13. The normalized spacial score (nSPS) is 16.1. The van der Waals surface area contributed by atoms with Crippen molar-refractivity contribution in [1.82, 2.24) is 4.90 Å². The van der Waals surface area contributed by atoms with Crippen molar-refractivity contribution < 1.29 is 9.90 Å². The first-order valence-electron chi connectivity index (χ1n) is 7.39. The van der Waals surface area contributed by atoms with Crippen LogP contribution >= 0.6 is 0 Å². The molecule has 1 rings (SSSR count). The van der Waals surface area contributed by atoms with Crippen molar-refractivity contribution in [2.75, 3.05) is 7.05 Å². The van der Waals surface area contributed by atoms with Gasteiger partial charge in [0.05, 0.1) is 18.2 Å². The summed E-state index contributed by atoms with van der Waals surface area (Å²) in [6, 6.07) is 9.35. The number of aliphatic hydroxyl groups is 1. The number of aliphatic hydroxyl groups excluding tert-OH is 1. The van der Waals surface area contributed by atoms with Gasteiger partial charge in [-0.1, -0.05) is 50.0 Å². The number of nitrogens with two attached hydrogens (primary N) is 1. The van der Waals surface area contributed by atoms with Crippen LogP contribution in [0.4, 0.5) is 0 Å². The van der Waals surface area contributed by atoms with Gasteiger partial charge >= 0.3 is 0 Å². The lowest BCUT2D eigenvalue weighted by Crippen LogP contribution is -2.49. The molecule has 0 unspecified atom stereocenters. The second-order valence-corrected chi connectivity index (χ2v) is 12.4. The average molecular weight is 308 g/mol. The maximum absolute atomic E-state index is 12.4. The number of benzene rings is 1. The number of nitrogens with zero attached hydrogens (tertiary/aromatic N) is 1. The Morgan fingerprint density at radius 2 is 1.81 bits per heavy atom. The van der Waals surface area contributed by atoms with E-state index in [0.717, 1.165) is 11.6 Å². The van der Waals surface area contributed by atoms with Crippen molar-refractivity contribution in [2.45, 2.75) is 50.8 Å². The fourth-order valence-corrected chi connectivity index (χ4v) is 3.84. The molecule has 3 N–H and O–H groups in total. The molecule has 4 nitrogen and oxygen atoms in total. The Labute approximate surface area is 129 Å². The van der Waals surface area contributed by atoms with Gasteiger partial charge in [0, 0.05) is 15.1 Å². The zero-order valence-electron chi connectivity index (χ0n) is 13.7. The number of carbonyl (C=O) groups is 1. The first-order valence-corrected chi connectivity index (χ1v) is 11.1. The number of rotatable bonds is 6. The molecule has 21 heavy (non-hydrogen) atoms. The van der Waals surface area contributed by atoms with E-state index in [1.54, 1.807) is 11.9 Å². The molecule has 0 aliphatic carbocycles. The molecule has 118 valence electrons. The van der Waals surface area contributed by atoms with E-state index < -0.39 is 20.2 Å². The maximum Gasteiger partial charge on any atom is 0.239 e. The van der Waals surface area contributed by atoms with Crippen molar-refractivity contribution in [2.24, 2.45) is 5.73 Å². The van der Waals surface area contributed by atoms with Crippen molar-refractivity contribution in [3.63, 3.8) is 0 Å². The molecule has 5 heteroatoms. The minimum atomic E-state index is -1.39.